The molecule has 0 unspecified atom stereocenters. The minimum atomic E-state index is -0.0989. The van der Waals surface area contributed by atoms with Crippen LogP contribution in [0.25, 0.3) is 0 Å². The Hall–Kier alpha value is -1.52. The summed E-state index contributed by atoms with van der Waals surface area (Å²) in [5, 5.41) is 2.88. The van der Waals surface area contributed by atoms with Gasteiger partial charge in [-0.1, -0.05) is 29.8 Å². The summed E-state index contributed by atoms with van der Waals surface area (Å²) in [5.74, 6) is 0. The minimum Gasteiger partial charge on any atom is -0.320 e. The van der Waals surface area contributed by atoms with Crippen LogP contribution in [-0.2, 0) is 6.54 Å². The topological polar surface area (TPSA) is 32.3 Å². The molecule has 0 saturated carbocycles. The van der Waals surface area contributed by atoms with E-state index in [0.717, 1.165) is 14.9 Å². The lowest BCUT2D eigenvalue weighted by Crippen LogP contribution is -2.34. The molecule has 1 N–H and O–H groups in total. The van der Waals surface area contributed by atoms with Crippen LogP contribution in [-0.4, -0.2) is 17.5 Å². The molecule has 0 fully saturated rings. The Bertz CT molecular complexity index is 541. The number of anilines is 1. The molecule has 3 nitrogen and oxygen atoms in total. The third-order valence-electron chi connectivity index (χ3n) is 2.67. The lowest BCUT2D eigenvalue weighted by molar-refractivity contribution is 0.212. The van der Waals surface area contributed by atoms with E-state index in [9.17, 15) is 4.79 Å². The Morgan fingerprint density at radius 2 is 2.00 bits per heavy atom. The van der Waals surface area contributed by atoms with Crippen LogP contribution in [0.2, 0.25) is 4.34 Å². The first kappa shape index (κ1) is 13.9. The SMILES string of the molecule is CCN(Cc1ccc(Cl)s1)C(=O)Nc1ccccc1. The van der Waals surface area contributed by atoms with E-state index in [-0.39, 0.29) is 6.03 Å². The summed E-state index contributed by atoms with van der Waals surface area (Å²) >= 11 is 7.39. The number of para-hydroxylation sites is 1. The van der Waals surface area contributed by atoms with Crippen LogP contribution >= 0.6 is 22.9 Å². The van der Waals surface area contributed by atoms with E-state index in [1.807, 2.05) is 49.4 Å². The molecule has 2 rings (SSSR count). The molecule has 0 bridgehead atoms. The number of carbonyl (C=O) groups excluding carboxylic acids is 1. The number of nitrogens with zero attached hydrogens (tertiary/aromatic N) is 1. The Labute approximate surface area is 121 Å². The molecule has 1 aromatic carbocycles. The lowest BCUT2D eigenvalue weighted by atomic mass is 10.3. The Kier molecular flexibility index (Phi) is 4.82. The van der Waals surface area contributed by atoms with Gasteiger partial charge in [0.15, 0.2) is 0 Å². The number of halogens is 1. The maximum Gasteiger partial charge on any atom is 0.322 e. The summed E-state index contributed by atoms with van der Waals surface area (Å²) in [5.41, 5.74) is 0.801. The highest BCUT2D eigenvalue weighted by Crippen LogP contribution is 2.22. The third-order valence-corrected chi connectivity index (χ3v) is 3.89. The zero-order valence-electron chi connectivity index (χ0n) is 10.6. The summed E-state index contributed by atoms with van der Waals surface area (Å²) in [7, 11) is 0. The summed E-state index contributed by atoms with van der Waals surface area (Å²) in [6.45, 7) is 3.18. The molecule has 100 valence electrons. The second kappa shape index (κ2) is 6.59. The first-order valence-corrected chi connectivity index (χ1v) is 7.23. The Balaban J connectivity index is 1.99. The number of amides is 2. The number of hydrogen-bond acceptors (Lipinski definition) is 2. The van der Waals surface area contributed by atoms with Crippen LogP contribution in [0.15, 0.2) is 42.5 Å². The summed E-state index contributed by atoms with van der Waals surface area (Å²) in [6.07, 6.45) is 0. The zero-order chi connectivity index (χ0) is 13.7. The number of urea groups is 1. The quantitative estimate of drug-likeness (QED) is 0.887. The number of thiophene rings is 1. The van der Waals surface area contributed by atoms with Gasteiger partial charge in [-0.15, -0.1) is 11.3 Å². The van der Waals surface area contributed by atoms with E-state index >= 15 is 0 Å². The molecule has 0 atom stereocenters. The lowest BCUT2D eigenvalue weighted by Gasteiger charge is -2.20. The molecule has 2 amide bonds. The molecule has 0 radical (unpaired) electrons. The van der Waals surface area contributed by atoms with Crippen molar-refractivity contribution in [3.63, 3.8) is 0 Å². The standard InChI is InChI=1S/C14H15ClN2OS/c1-2-17(10-12-8-9-13(15)19-12)14(18)16-11-6-4-3-5-7-11/h3-9H,2,10H2,1H3,(H,16,18). The van der Waals surface area contributed by atoms with E-state index in [4.69, 9.17) is 11.6 Å². The first-order chi connectivity index (χ1) is 9.19. The van der Waals surface area contributed by atoms with Crippen LogP contribution in [0.3, 0.4) is 0 Å². The normalized spacial score (nSPS) is 10.2. The summed E-state index contributed by atoms with van der Waals surface area (Å²) < 4.78 is 0.745. The van der Waals surface area contributed by atoms with E-state index in [0.29, 0.717) is 13.1 Å². The van der Waals surface area contributed by atoms with E-state index in [2.05, 4.69) is 5.32 Å². The zero-order valence-corrected chi connectivity index (χ0v) is 12.2. The maximum atomic E-state index is 12.1. The molecule has 0 saturated heterocycles. The summed E-state index contributed by atoms with van der Waals surface area (Å²) in [4.78, 5) is 15.0. The highest BCUT2D eigenvalue weighted by molar-refractivity contribution is 7.16. The van der Waals surface area contributed by atoms with E-state index in [1.54, 1.807) is 4.90 Å². The fourth-order valence-electron chi connectivity index (χ4n) is 1.68. The van der Waals surface area contributed by atoms with Crippen molar-refractivity contribution in [3.8, 4) is 0 Å². The van der Waals surface area contributed by atoms with Gasteiger partial charge in [0.05, 0.1) is 10.9 Å². The molecule has 0 spiro atoms. The van der Waals surface area contributed by atoms with Gasteiger partial charge >= 0.3 is 6.03 Å². The highest BCUT2D eigenvalue weighted by Gasteiger charge is 2.13. The van der Waals surface area contributed by atoms with Gasteiger partial charge in [-0.2, -0.15) is 0 Å². The molecule has 19 heavy (non-hydrogen) atoms. The van der Waals surface area contributed by atoms with Crippen LogP contribution in [0.5, 0.6) is 0 Å². The van der Waals surface area contributed by atoms with Crippen molar-refractivity contribution >= 4 is 34.7 Å². The molecular weight excluding hydrogens is 280 g/mol. The van der Waals surface area contributed by atoms with E-state index in [1.165, 1.54) is 11.3 Å². The predicted octanol–water partition coefficient (Wildman–Crippen LogP) is 4.46. The molecule has 1 aromatic heterocycles. The average Bonchev–Trinajstić information content (AvgIpc) is 2.82. The molecular formula is C14H15ClN2OS. The van der Waals surface area contributed by atoms with Crippen molar-refractivity contribution in [2.45, 2.75) is 13.5 Å². The molecule has 0 aliphatic heterocycles. The van der Waals surface area contributed by atoms with Crippen molar-refractivity contribution in [2.75, 3.05) is 11.9 Å². The number of rotatable bonds is 4. The monoisotopic (exact) mass is 294 g/mol. The Morgan fingerprint density at radius 3 is 2.58 bits per heavy atom. The van der Waals surface area contributed by atoms with Crippen LogP contribution in [0.4, 0.5) is 10.5 Å². The van der Waals surface area contributed by atoms with Crippen molar-refractivity contribution in [1.82, 2.24) is 4.90 Å². The van der Waals surface area contributed by atoms with E-state index < -0.39 is 0 Å². The van der Waals surface area contributed by atoms with Crippen molar-refractivity contribution in [2.24, 2.45) is 0 Å². The molecule has 5 heteroatoms. The number of benzene rings is 1. The van der Waals surface area contributed by atoms with Crippen LogP contribution < -0.4 is 5.32 Å². The van der Waals surface area contributed by atoms with Crippen molar-refractivity contribution in [3.05, 3.63) is 51.7 Å². The van der Waals surface area contributed by atoms with Crippen molar-refractivity contribution in [1.29, 1.82) is 0 Å². The van der Waals surface area contributed by atoms with Gasteiger partial charge in [-0.05, 0) is 31.2 Å². The van der Waals surface area contributed by atoms with Crippen LogP contribution in [0.1, 0.15) is 11.8 Å². The second-order valence-corrected chi connectivity index (χ2v) is 5.82. The smallest absolute Gasteiger partial charge is 0.320 e. The highest BCUT2D eigenvalue weighted by atomic mass is 35.5. The Morgan fingerprint density at radius 1 is 1.26 bits per heavy atom. The van der Waals surface area contributed by atoms with Gasteiger partial charge in [-0.3, -0.25) is 0 Å². The fraction of sp³-hybridized carbons (Fsp3) is 0.214. The second-order valence-electron chi connectivity index (χ2n) is 4.02. The minimum absolute atomic E-state index is 0.0989. The summed E-state index contributed by atoms with van der Waals surface area (Å²) in [6, 6.07) is 13.1. The fourth-order valence-corrected chi connectivity index (χ4v) is 2.78. The van der Waals surface area contributed by atoms with Gasteiger partial charge < -0.3 is 10.2 Å². The largest absolute Gasteiger partial charge is 0.322 e. The average molecular weight is 295 g/mol. The van der Waals surface area contributed by atoms with Gasteiger partial charge in [0.25, 0.3) is 0 Å². The van der Waals surface area contributed by atoms with Gasteiger partial charge in [-0.25, -0.2) is 4.79 Å². The van der Waals surface area contributed by atoms with Crippen LogP contribution in [0, 0.1) is 0 Å². The van der Waals surface area contributed by atoms with Gasteiger partial charge in [0.1, 0.15) is 0 Å². The molecule has 2 aromatic rings. The number of hydrogen-bond donors (Lipinski definition) is 1. The number of nitrogens with one attached hydrogen (secondary N) is 1. The maximum absolute atomic E-state index is 12.1. The third kappa shape index (κ3) is 3.98. The first-order valence-electron chi connectivity index (χ1n) is 6.04. The molecule has 0 aliphatic carbocycles. The predicted molar refractivity (Wildman–Crippen MR) is 80.9 cm³/mol. The molecule has 1 heterocycles. The van der Waals surface area contributed by atoms with Gasteiger partial charge in [0.2, 0.25) is 0 Å². The van der Waals surface area contributed by atoms with Gasteiger partial charge in [0, 0.05) is 17.1 Å². The molecule has 0 aliphatic rings. The number of carbonyl (C=O) groups is 1. The van der Waals surface area contributed by atoms with Crippen molar-refractivity contribution < 1.29 is 4.79 Å².